The summed E-state index contributed by atoms with van der Waals surface area (Å²) in [6, 6.07) is 5.56. The van der Waals surface area contributed by atoms with Crippen molar-refractivity contribution < 1.29 is 14.3 Å². The van der Waals surface area contributed by atoms with Crippen LogP contribution in [-0.2, 0) is 4.74 Å². The maximum absolute atomic E-state index is 12.4. The van der Waals surface area contributed by atoms with E-state index in [0.717, 1.165) is 18.4 Å². The summed E-state index contributed by atoms with van der Waals surface area (Å²) in [5.74, 6) is -0.0806. The number of benzene rings is 1. The van der Waals surface area contributed by atoms with Crippen LogP contribution >= 0.6 is 0 Å². The Balaban J connectivity index is 1.68. The van der Waals surface area contributed by atoms with Gasteiger partial charge < -0.3 is 20.3 Å². The minimum atomic E-state index is -0.150. The number of morpholine rings is 1. The van der Waals surface area contributed by atoms with E-state index in [9.17, 15) is 9.59 Å². The maximum Gasteiger partial charge on any atom is 0.322 e. The van der Waals surface area contributed by atoms with Crippen LogP contribution < -0.4 is 10.6 Å². The van der Waals surface area contributed by atoms with E-state index in [1.165, 1.54) is 0 Å². The Morgan fingerprint density at radius 1 is 1.30 bits per heavy atom. The van der Waals surface area contributed by atoms with E-state index >= 15 is 0 Å². The summed E-state index contributed by atoms with van der Waals surface area (Å²) < 4.78 is 5.45. The molecule has 0 unspecified atom stereocenters. The third-order valence-corrected chi connectivity index (χ3v) is 4.18. The van der Waals surface area contributed by atoms with Gasteiger partial charge in [-0.1, -0.05) is 6.07 Å². The molecule has 1 saturated heterocycles. The summed E-state index contributed by atoms with van der Waals surface area (Å²) in [7, 11) is 0. The van der Waals surface area contributed by atoms with Gasteiger partial charge >= 0.3 is 6.03 Å². The minimum Gasteiger partial charge on any atom is -0.375 e. The second-order valence-corrected chi connectivity index (χ2v) is 6.34. The van der Waals surface area contributed by atoms with Gasteiger partial charge in [0.1, 0.15) is 0 Å². The molecule has 0 bridgehead atoms. The number of nitrogens with one attached hydrogen (secondary N) is 2. The van der Waals surface area contributed by atoms with Crippen LogP contribution in [0.5, 0.6) is 0 Å². The summed E-state index contributed by atoms with van der Waals surface area (Å²) in [4.78, 5) is 26.3. The highest BCUT2D eigenvalue weighted by Crippen LogP contribution is 2.21. The lowest BCUT2D eigenvalue weighted by atomic mass is 10.1. The molecule has 0 aromatic heterocycles. The number of hydrogen-bond donors (Lipinski definition) is 2. The molecule has 2 N–H and O–H groups in total. The van der Waals surface area contributed by atoms with E-state index in [-0.39, 0.29) is 18.0 Å². The van der Waals surface area contributed by atoms with Crippen molar-refractivity contribution in [1.29, 1.82) is 0 Å². The van der Waals surface area contributed by atoms with Crippen LogP contribution in [0.15, 0.2) is 18.2 Å². The monoisotopic (exact) mass is 317 g/mol. The molecule has 3 amide bonds. The molecule has 23 heavy (non-hydrogen) atoms. The molecule has 1 heterocycles. The lowest BCUT2D eigenvalue weighted by Crippen LogP contribution is -2.46. The van der Waals surface area contributed by atoms with E-state index in [2.05, 4.69) is 10.6 Å². The molecule has 1 aliphatic heterocycles. The van der Waals surface area contributed by atoms with Crippen LogP contribution in [-0.4, -0.2) is 48.7 Å². The van der Waals surface area contributed by atoms with E-state index < -0.39 is 0 Å². The zero-order chi connectivity index (χ0) is 16.4. The Bertz CT molecular complexity index is 613. The largest absolute Gasteiger partial charge is 0.375 e. The van der Waals surface area contributed by atoms with Gasteiger partial charge in [0.05, 0.1) is 12.7 Å². The van der Waals surface area contributed by atoms with Crippen molar-refractivity contribution in [3.05, 3.63) is 29.3 Å². The van der Waals surface area contributed by atoms with Crippen molar-refractivity contribution in [1.82, 2.24) is 10.2 Å². The molecule has 124 valence electrons. The number of nitrogens with zero attached hydrogens (tertiary/aromatic N) is 1. The fourth-order valence-corrected chi connectivity index (χ4v) is 2.59. The number of ether oxygens (including phenoxy) is 1. The Hall–Kier alpha value is -2.08. The normalized spacial score (nSPS) is 21.0. The predicted octanol–water partition coefficient (Wildman–Crippen LogP) is 2.14. The van der Waals surface area contributed by atoms with Crippen molar-refractivity contribution in [2.24, 2.45) is 0 Å². The van der Waals surface area contributed by atoms with Crippen LogP contribution in [0.1, 0.15) is 35.7 Å². The number of hydrogen-bond acceptors (Lipinski definition) is 3. The molecule has 0 radical (unpaired) electrons. The van der Waals surface area contributed by atoms with E-state index in [1.807, 2.05) is 19.9 Å². The van der Waals surface area contributed by atoms with Gasteiger partial charge in [-0.25, -0.2) is 4.79 Å². The van der Waals surface area contributed by atoms with Crippen molar-refractivity contribution >= 4 is 17.6 Å². The number of amides is 3. The molecular weight excluding hydrogens is 294 g/mol. The lowest BCUT2D eigenvalue weighted by molar-refractivity contribution is -0.00138. The quantitative estimate of drug-likeness (QED) is 0.897. The van der Waals surface area contributed by atoms with Crippen molar-refractivity contribution in [3.8, 4) is 0 Å². The van der Waals surface area contributed by atoms with Gasteiger partial charge in [-0.2, -0.15) is 0 Å². The summed E-state index contributed by atoms with van der Waals surface area (Å²) in [6.07, 6.45) is 2.15. The Morgan fingerprint density at radius 2 is 2.09 bits per heavy atom. The SMILES string of the molecule is Cc1ccc(C(=O)NC2CC2)cc1NC(=O)N1CCO[C@H](C)C1. The first-order chi connectivity index (χ1) is 11.0. The zero-order valence-electron chi connectivity index (χ0n) is 13.6. The van der Waals surface area contributed by atoms with Crippen LogP contribution in [0.25, 0.3) is 0 Å². The van der Waals surface area contributed by atoms with E-state index in [0.29, 0.717) is 37.0 Å². The maximum atomic E-state index is 12.4. The second-order valence-electron chi connectivity index (χ2n) is 6.34. The highest BCUT2D eigenvalue weighted by atomic mass is 16.5. The molecule has 6 nitrogen and oxygen atoms in total. The van der Waals surface area contributed by atoms with Gasteiger partial charge in [0.25, 0.3) is 5.91 Å². The molecule has 1 aromatic carbocycles. The number of anilines is 1. The molecule has 2 fully saturated rings. The fourth-order valence-electron chi connectivity index (χ4n) is 2.59. The second kappa shape index (κ2) is 6.58. The van der Waals surface area contributed by atoms with Crippen molar-refractivity contribution in [2.75, 3.05) is 25.0 Å². The Labute approximate surface area is 136 Å². The zero-order valence-corrected chi connectivity index (χ0v) is 13.6. The third-order valence-electron chi connectivity index (χ3n) is 4.18. The van der Waals surface area contributed by atoms with Gasteiger partial charge in [-0.3, -0.25) is 4.79 Å². The smallest absolute Gasteiger partial charge is 0.322 e. The molecule has 1 aliphatic carbocycles. The number of aryl methyl sites for hydroxylation is 1. The summed E-state index contributed by atoms with van der Waals surface area (Å²) in [5, 5.41) is 5.88. The first-order valence-corrected chi connectivity index (χ1v) is 8.12. The minimum absolute atomic E-state index is 0.0475. The van der Waals surface area contributed by atoms with Gasteiger partial charge in [-0.05, 0) is 44.4 Å². The van der Waals surface area contributed by atoms with Crippen LogP contribution in [0, 0.1) is 6.92 Å². The van der Waals surface area contributed by atoms with E-state index in [1.54, 1.807) is 17.0 Å². The fraction of sp³-hybridized carbons (Fsp3) is 0.529. The number of carbonyl (C=O) groups is 2. The predicted molar refractivity (Wildman–Crippen MR) is 87.7 cm³/mol. The lowest BCUT2D eigenvalue weighted by Gasteiger charge is -2.31. The number of rotatable bonds is 3. The summed E-state index contributed by atoms with van der Waals surface area (Å²) in [5.41, 5.74) is 2.19. The highest BCUT2D eigenvalue weighted by molar-refractivity contribution is 5.97. The Morgan fingerprint density at radius 3 is 2.78 bits per heavy atom. The molecular formula is C17H23N3O3. The molecule has 1 saturated carbocycles. The van der Waals surface area contributed by atoms with Crippen LogP contribution in [0.2, 0.25) is 0 Å². The topological polar surface area (TPSA) is 70.7 Å². The average Bonchev–Trinajstić information content (AvgIpc) is 3.33. The third kappa shape index (κ3) is 4.01. The standard InChI is InChI=1S/C17H23N3O3/c1-11-3-4-13(16(21)18-14-5-6-14)9-15(11)19-17(22)20-7-8-23-12(2)10-20/h3-4,9,12,14H,5-8,10H2,1-2H3,(H,18,21)(H,19,22)/t12-/m1/s1. The number of carbonyl (C=O) groups excluding carboxylic acids is 2. The molecule has 0 spiro atoms. The molecule has 1 atom stereocenters. The first kappa shape index (κ1) is 15.8. The van der Waals surface area contributed by atoms with Crippen molar-refractivity contribution in [3.63, 3.8) is 0 Å². The molecule has 6 heteroatoms. The first-order valence-electron chi connectivity index (χ1n) is 8.12. The van der Waals surface area contributed by atoms with Gasteiger partial charge in [-0.15, -0.1) is 0 Å². The Kier molecular flexibility index (Phi) is 4.52. The molecule has 3 rings (SSSR count). The highest BCUT2D eigenvalue weighted by Gasteiger charge is 2.25. The number of urea groups is 1. The van der Waals surface area contributed by atoms with Crippen LogP contribution in [0.3, 0.4) is 0 Å². The van der Waals surface area contributed by atoms with Gasteiger partial charge in [0.15, 0.2) is 0 Å². The van der Waals surface area contributed by atoms with Crippen molar-refractivity contribution in [2.45, 2.75) is 38.8 Å². The molecule has 1 aromatic rings. The summed E-state index contributed by atoms with van der Waals surface area (Å²) >= 11 is 0. The van der Waals surface area contributed by atoms with Gasteiger partial charge in [0, 0.05) is 30.4 Å². The molecule has 2 aliphatic rings. The average molecular weight is 317 g/mol. The van der Waals surface area contributed by atoms with Gasteiger partial charge in [0.2, 0.25) is 0 Å². The van der Waals surface area contributed by atoms with Crippen LogP contribution in [0.4, 0.5) is 10.5 Å². The van der Waals surface area contributed by atoms with E-state index in [4.69, 9.17) is 4.74 Å². The summed E-state index contributed by atoms with van der Waals surface area (Å²) in [6.45, 7) is 5.58.